The van der Waals surface area contributed by atoms with Crippen molar-refractivity contribution in [1.29, 1.82) is 0 Å². The van der Waals surface area contributed by atoms with Crippen molar-refractivity contribution in [3.05, 3.63) is 48.0 Å². The topological polar surface area (TPSA) is 56.7 Å². The van der Waals surface area contributed by atoms with E-state index in [0.717, 1.165) is 45.0 Å². The van der Waals surface area contributed by atoms with Crippen LogP contribution in [0.25, 0.3) is 10.8 Å². The Morgan fingerprint density at radius 2 is 2.00 bits per heavy atom. The summed E-state index contributed by atoms with van der Waals surface area (Å²) in [6, 6.07) is 15.3. The summed E-state index contributed by atoms with van der Waals surface area (Å²) in [6.45, 7) is 7.15. The number of aliphatic imine (C=N–C) groups is 1. The Bertz CT molecular complexity index is 802. The normalized spacial score (nSPS) is 17.3. The first-order valence-electron chi connectivity index (χ1n) is 10.00. The number of fused-ring (bicyclic) bond motifs is 1. The summed E-state index contributed by atoms with van der Waals surface area (Å²) in [5.74, 6) is 1.08. The van der Waals surface area contributed by atoms with Crippen LogP contribution >= 0.6 is 0 Å². The van der Waals surface area contributed by atoms with Gasteiger partial charge in [-0.3, -0.25) is 9.79 Å². The number of nitrogens with zero attached hydrogens (tertiary/aromatic N) is 2. The smallest absolute Gasteiger partial charge is 0.222 e. The van der Waals surface area contributed by atoms with Crippen LogP contribution < -0.4 is 10.6 Å². The average Bonchev–Trinajstić information content (AvgIpc) is 3.16. The van der Waals surface area contributed by atoms with Crippen molar-refractivity contribution < 1.29 is 4.79 Å². The lowest BCUT2D eigenvalue weighted by molar-refractivity contribution is -0.129. The lowest BCUT2D eigenvalue weighted by Crippen LogP contribution is -2.45. The van der Waals surface area contributed by atoms with Crippen LogP contribution in [0.15, 0.2) is 47.5 Å². The highest BCUT2D eigenvalue weighted by Crippen LogP contribution is 2.16. The number of hydrogen-bond acceptors (Lipinski definition) is 2. The molecular weight excluding hydrogens is 336 g/mol. The van der Waals surface area contributed by atoms with E-state index in [4.69, 9.17) is 4.99 Å². The maximum absolute atomic E-state index is 11.8. The molecule has 0 radical (unpaired) electrons. The molecule has 1 atom stereocenters. The van der Waals surface area contributed by atoms with Crippen molar-refractivity contribution >= 4 is 22.6 Å². The molecule has 0 saturated carbocycles. The molecule has 0 aromatic heterocycles. The summed E-state index contributed by atoms with van der Waals surface area (Å²) in [4.78, 5) is 18.5. The van der Waals surface area contributed by atoms with Gasteiger partial charge in [-0.05, 0) is 36.1 Å². The van der Waals surface area contributed by atoms with E-state index in [9.17, 15) is 4.79 Å². The molecule has 1 aliphatic heterocycles. The first kappa shape index (κ1) is 19.2. The molecule has 1 saturated heterocycles. The van der Waals surface area contributed by atoms with Crippen LogP contribution in [-0.2, 0) is 11.2 Å². The predicted molar refractivity (Wildman–Crippen MR) is 112 cm³/mol. The van der Waals surface area contributed by atoms with E-state index < -0.39 is 0 Å². The van der Waals surface area contributed by atoms with Gasteiger partial charge in [0.15, 0.2) is 5.96 Å². The van der Waals surface area contributed by atoms with Crippen molar-refractivity contribution in [1.82, 2.24) is 15.5 Å². The van der Waals surface area contributed by atoms with Gasteiger partial charge in [0, 0.05) is 38.6 Å². The highest BCUT2D eigenvalue weighted by molar-refractivity contribution is 5.83. The van der Waals surface area contributed by atoms with E-state index >= 15 is 0 Å². The molecule has 1 amide bonds. The summed E-state index contributed by atoms with van der Waals surface area (Å²) in [7, 11) is 0. The van der Waals surface area contributed by atoms with Gasteiger partial charge >= 0.3 is 0 Å². The molecule has 0 spiro atoms. The van der Waals surface area contributed by atoms with Gasteiger partial charge in [-0.25, -0.2) is 0 Å². The molecule has 0 aliphatic carbocycles. The van der Waals surface area contributed by atoms with Crippen molar-refractivity contribution in [2.45, 2.75) is 39.2 Å². The zero-order valence-electron chi connectivity index (χ0n) is 16.4. The summed E-state index contributed by atoms with van der Waals surface area (Å²) in [6.07, 6.45) is 2.46. The Morgan fingerprint density at radius 3 is 2.78 bits per heavy atom. The minimum absolute atomic E-state index is 0.234. The molecule has 2 aromatic rings. The molecule has 1 heterocycles. The third-order valence-electron chi connectivity index (χ3n) is 5.01. The van der Waals surface area contributed by atoms with Gasteiger partial charge in [0.2, 0.25) is 5.91 Å². The maximum atomic E-state index is 11.8. The summed E-state index contributed by atoms with van der Waals surface area (Å²) < 4.78 is 0. The average molecular weight is 367 g/mol. The summed E-state index contributed by atoms with van der Waals surface area (Å²) >= 11 is 0. The van der Waals surface area contributed by atoms with E-state index in [1.165, 1.54) is 16.3 Å². The number of amides is 1. The van der Waals surface area contributed by atoms with Crippen LogP contribution in [0.5, 0.6) is 0 Å². The number of nitrogens with one attached hydrogen (secondary N) is 2. The number of benzene rings is 2. The lowest BCUT2D eigenvalue weighted by atomic mass is 10.1. The Morgan fingerprint density at radius 1 is 1.19 bits per heavy atom. The fourth-order valence-corrected chi connectivity index (χ4v) is 3.53. The van der Waals surface area contributed by atoms with Gasteiger partial charge in [0.25, 0.3) is 0 Å². The van der Waals surface area contributed by atoms with Crippen molar-refractivity contribution in [3.8, 4) is 0 Å². The van der Waals surface area contributed by atoms with Crippen LogP contribution in [0.3, 0.4) is 0 Å². The monoisotopic (exact) mass is 366 g/mol. The molecule has 1 fully saturated rings. The molecule has 5 nitrogen and oxygen atoms in total. The first-order valence-corrected chi connectivity index (χ1v) is 10.00. The van der Waals surface area contributed by atoms with E-state index in [2.05, 4.69) is 60.0 Å². The molecule has 1 aliphatic rings. The van der Waals surface area contributed by atoms with Crippen LogP contribution in [0.2, 0.25) is 0 Å². The van der Waals surface area contributed by atoms with Gasteiger partial charge in [-0.15, -0.1) is 0 Å². The standard InChI is InChI=1S/C22H30N4O/c1-3-21(27)26-14-12-20(16-26)25-22(23-4-2)24-13-11-17-9-10-18-7-5-6-8-19(18)15-17/h5-10,15,20H,3-4,11-14,16H2,1-2H3,(H2,23,24,25). The maximum Gasteiger partial charge on any atom is 0.222 e. The van der Waals surface area contributed by atoms with E-state index in [1.54, 1.807) is 0 Å². The highest BCUT2D eigenvalue weighted by atomic mass is 16.2. The Balaban J connectivity index is 1.56. The van der Waals surface area contributed by atoms with Crippen molar-refractivity contribution in [3.63, 3.8) is 0 Å². The fraction of sp³-hybridized carbons (Fsp3) is 0.455. The molecule has 2 aromatic carbocycles. The number of carbonyl (C=O) groups is 1. The number of guanidine groups is 1. The second-order valence-electron chi connectivity index (χ2n) is 7.02. The molecule has 2 N–H and O–H groups in total. The molecule has 27 heavy (non-hydrogen) atoms. The number of carbonyl (C=O) groups excluding carboxylic acids is 1. The Hall–Kier alpha value is -2.56. The Kier molecular flexibility index (Phi) is 6.69. The van der Waals surface area contributed by atoms with Gasteiger partial charge in [0.05, 0.1) is 0 Å². The zero-order chi connectivity index (χ0) is 19.1. The van der Waals surface area contributed by atoms with Crippen LogP contribution in [0.1, 0.15) is 32.3 Å². The lowest BCUT2D eigenvalue weighted by Gasteiger charge is -2.18. The van der Waals surface area contributed by atoms with Crippen LogP contribution in [0, 0.1) is 0 Å². The molecule has 144 valence electrons. The predicted octanol–water partition coefficient (Wildman–Crippen LogP) is 2.95. The third kappa shape index (κ3) is 5.22. The summed E-state index contributed by atoms with van der Waals surface area (Å²) in [5.41, 5.74) is 1.30. The van der Waals surface area contributed by atoms with Crippen LogP contribution in [0.4, 0.5) is 0 Å². The largest absolute Gasteiger partial charge is 0.357 e. The second kappa shape index (κ2) is 9.40. The SMILES string of the molecule is CCNC(=NCCc1ccc2ccccc2c1)NC1CCN(C(=O)CC)C1. The van der Waals surface area contributed by atoms with E-state index in [0.29, 0.717) is 6.42 Å². The molecule has 3 rings (SSSR count). The van der Waals surface area contributed by atoms with Gasteiger partial charge in [-0.2, -0.15) is 0 Å². The summed E-state index contributed by atoms with van der Waals surface area (Å²) in [5, 5.41) is 9.35. The number of hydrogen-bond donors (Lipinski definition) is 2. The van der Waals surface area contributed by atoms with Crippen LogP contribution in [-0.4, -0.2) is 49.0 Å². The van der Waals surface area contributed by atoms with Gasteiger partial charge in [-0.1, -0.05) is 49.4 Å². The third-order valence-corrected chi connectivity index (χ3v) is 5.01. The minimum Gasteiger partial charge on any atom is -0.357 e. The quantitative estimate of drug-likeness (QED) is 0.610. The second-order valence-corrected chi connectivity index (χ2v) is 7.02. The Labute approximate surface area is 161 Å². The minimum atomic E-state index is 0.234. The molecule has 0 bridgehead atoms. The fourth-order valence-electron chi connectivity index (χ4n) is 3.53. The van der Waals surface area contributed by atoms with Gasteiger partial charge in [0.1, 0.15) is 0 Å². The number of likely N-dealkylation sites (tertiary alicyclic amines) is 1. The molecular formula is C22H30N4O. The van der Waals surface area contributed by atoms with Gasteiger partial charge < -0.3 is 15.5 Å². The van der Waals surface area contributed by atoms with E-state index in [-0.39, 0.29) is 11.9 Å². The molecule has 1 unspecified atom stereocenters. The van der Waals surface area contributed by atoms with Crippen molar-refractivity contribution in [2.24, 2.45) is 4.99 Å². The number of rotatable bonds is 6. The zero-order valence-corrected chi connectivity index (χ0v) is 16.4. The van der Waals surface area contributed by atoms with Crippen molar-refractivity contribution in [2.75, 3.05) is 26.2 Å². The molecule has 5 heteroatoms. The highest BCUT2D eigenvalue weighted by Gasteiger charge is 2.25. The van der Waals surface area contributed by atoms with E-state index in [1.807, 2.05) is 11.8 Å². The first-order chi connectivity index (χ1) is 13.2.